The summed E-state index contributed by atoms with van der Waals surface area (Å²) < 4.78 is 13.7. The number of carbonyl (C=O) groups excluding carboxylic acids is 1. The third kappa shape index (κ3) is 3.24. The summed E-state index contributed by atoms with van der Waals surface area (Å²) in [6.45, 7) is 0. The highest BCUT2D eigenvalue weighted by Crippen LogP contribution is 2.25. The van der Waals surface area contributed by atoms with E-state index in [0.29, 0.717) is 26.4 Å². The van der Waals surface area contributed by atoms with Crippen LogP contribution in [-0.2, 0) is 0 Å². The van der Waals surface area contributed by atoms with Gasteiger partial charge in [-0.3, -0.25) is 4.79 Å². The zero-order valence-corrected chi connectivity index (χ0v) is 11.9. The molecule has 19 heavy (non-hydrogen) atoms. The number of rotatable bonds is 2. The second-order valence-electron chi connectivity index (χ2n) is 3.81. The van der Waals surface area contributed by atoms with Crippen molar-refractivity contribution in [1.29, 1.82) is 0 Å². The van der Waals surface area contributed by atoms with E-state index >= 15 is 0 Å². The maximum absolute atomic E-state index is 13.1. The van der Waals surface area contributed by atoms with Gasteiger partial charge in [0.1, 0.15) is 5.82 Å². The molecule has 0 atom stereocenters. The van der Waals surface area contributed by atoms with Crippen molar-refractivity contribution in [2.75, 3.05) is 11.1 Å². The summed E-state index contributed by atoms with van der Waals surface area (Å²) in [5.41, 5.74) is 6.65. The van der Waals surface area contributed by atoms with Crippen LogP contribution in [0.1, 0.15) is 10.4 Å². The minimum absolute atomic E-state index is 0.297. The molecule has 2 rings (SSSR count). The largest absolute Gasteiger partial charge is 0.398 e. The second-order valence-corrected chi connectivity index (χ2v) is 5.08. The molecule has 0 saturated heterocycles. The molecule has 0 aliphatic carbocycles. The van der Waals surface area contributed by atoms with Gasteiger partial charge in [-0.25, -0.2) is 4.39 Å². The van der Waals surface area contributed by atoms with Crippen molar-refractivity contribution in [1.82, 2.24) is 0 Å². The van der Waals surface area contributed by atoms with Crippen LogP contribution in [0.4, 0.5) is 15.8 Å². The number of nitrogen functional groups attached to an aromatic ring is 1. The van der Waals surface area contributed by atoms with Gasteiger partial charge in [-0.15, -0.1) is 0 Å². The van der Waals surface area contributed by atoms with Crippen LogP contribution in [0.25, 0.3) is 0 Å². The van der Waals surface area contributed by atoms with Crippen LogP contribution in [0, 0.1) is 5.82 Å². The molecule has 1 amide bonds. The first-order valence-corrected chi connectivity index (χ1v) is 6.46. The van der Waals surface area contributed by atoms with E-state index in [1.54, 1.807) is 6.07 Å². The summed E-state index contributed by atoms with van der Waals surface area (Å²) in [7, 11) is 0. The summed E-state index contributed by atoms with van der Waals surface area (Å²) in [6.07, 6.45) is 0. The maximum Gasteiger partial charge on any atom is 0.255 e. The smallest absolute Gasteiger partial charge is 0.255 e. The van der Waals surface area contributed by atoms with E-state index in [1.807, 2.05) is 0 Å². The summed E-state index contributed by atoms with van der Waals surface area (Å²) >= 11 is 9.07. The number of nitrogens with two attached hydrogens (primary N) is 1. The number of hydrogen-bond acceptors (Lipinski definition) is 2. The van der Waals surface area contributed by atoms with Crippen LogP contribution in [0.2, 0.25) is 5.02 Å². The maximum atomic E-state index is 13.1. The Labute approximate surface area is 122 Å². The van der Waals surface area contributed by atoms with Crippen molar-refractivity contribution in [3.05, 3.63) is 57.3 Å². The summed E-state index contributed by atoms with van der Waals surface area (Å²) in [5.74, 6) is -0.831. The Balaban J connectivity index is 2.25. The standard InChI is InChI=1S/C13H9BrClFN2O/c14-9-3-2-8(16)6-12(9)18-13(19)7-1-4-11(17)10(15)5-7/h1-6H,17H2,(H,18,19). The van der Waals surface area contributed by atoms with Crippen LogP contribution in [0.5, 0.6) is 0 Å². The third-order valence-corrected chi connectivity index (χ3v) is 3.46. The molecule has 0 fully saturated rings. The van der Waals surface area contributed by atoms with E-state index in [9.17, 15) is 9.18 Å². The third-order valence-electron chi connectivity index (χ3n) is 2.44. The Bertz CT molecular complexity index is 649. The lowest BCUT2D eigenvalue weighted by molar-refractivity contribution is 0.102. The molecule has 0 aromatic heterocycles. The Hall–Kier alpha value is -1.59. The molecule has 98 valence electrons. The average Bonchev–Trinajstić information content (AvgIpc) is 2.37. The molecule has 0 aliphatic heterocycles. The van der Waals surface area contributed by atoms with E-state index < -0.39 is 11.7 Å². The fraction of sp³-hybridized carbons (Fsp3) is 0. The highest BCUT2D eigenvalue weighted by molar-refractivity contribution is 9.10. The average molecular weight is 344 g/mol. The molecule has 0 bridgehead atoms. The van der Waals surface area contributed by atoms with Crippen molar-refractivity contribution in [3.63, 3.8) is 0 Å². The molecule has 6 heteroatoms. The Morgan fingerprint density at radius 2 is 2.00 bits per heavy atom. The van der Waals surface area contributed by atoms with Crippen LogP contribution < -0.4 is 11.1 Å². The van der Waals surface area contributed by atoms with E-state index in [4.69, 9.17) is 17.3 Å². The highest BCUT2D eigenvalue weighted by Gasteiger charge is 2.10. The first-order valence-electron chi connectivity index (χ1n) is 5.29. The van der Waals surface area contributed by atoms with Gasteiger partial charge in [0.25, 0.3) is 5.91 Å². The van der Waals surface area contributed by atoms with Crippen molar-refractivity contribution >= 4 is 44.8 Å². The molecular weight excluding hydrogens is 335 g/mol. The number of hydrogen-bond donors (Lipinski definition) is 2. The molecule has 0 heterocycles. The Morgan fingerprint density at radius 1 is 1.26 bits per heavy atom. The zero-order chi connectivity index (χ0) is 14.0. The molecule has 3 N–H and O–H groups in total. The van der Waals surface area contributed by atoms with Gasteiger partial charge in [0.2, 0.25) is 0 Å². The van der Waals surface area contributed by atoms with Crippen LogP contribution >= 0.6 is 27.5 Å². The molecular formula is C13H9BrClFN2O. The lowest BCUT2D eigenvalue weighted by atomic mass is 10.2. The number of anilines is 2. The number of benzene rings is 2. The SMILES string of the molecule is Nc1ccc(C(=O)Nc2cc(F)ccc2Br)cc1Cl. The van der Waals surface area contributed by atoms with Gasteiger partial charge in [-0.1, -0.05) is 11.6 Å². The predicted octanol–water partition coefficient (Wildman–Crippen LogP) is 4.08. The summed E-state index contributed by atoms with van der Waals surface area (Å²) in [4.78, 5) is 12.0. The topological polar surface area (TPSA) is 55.1 Å². The second kappa shape index (κ2) is 5.59. The fourth-order valence-electron chi connectivity index (χ4n) is 1.46. The minimum atomic E-state index is -0.436. The summed E-state index contributed by atoms with van der Waals surface area (Å²) in [6, 6.07) is 8.57. The van der Waals surface area contributed by atoms with E-state index in [0.717, 1.165) is 0 Å². The molecule has 0 saturated carbocycles. The molecule has 0 unspecified atom stereocenters. The van der Waals surface area contributed by atoms with Crippen LogP contribution in [-0.4, -0.2) is 5.91 Å². The van der Waals surface area contributed by atoms with Crippen molar-refractivity contribution in [3.8, 4) is 0 Å². The predicted molar refractivity (Wildman–Crippen MR) is 77.9 cm³/mol. The lowest BCUT2D eigenvalue weighted by Gasteiger charge is -2.08. The Kier molecular flexibility index (Phi) is 4.07. The van der Waals surface area contributed by atoms with Crippen LogP contribution in [0.3, 0.4) is 0 Å². The molecule has 2 aromatic rings. The van der Waals surface area contributed by atoms with E-state index in [-0.39, 0.29) is 0 Å². The van der Waals surface area contributed by atoms with Gasteiger partial charge >= 0.3 is 0 Å². The van der Waals surface area contributed by atoms with Gasteiger partial charge in [0.15, 0.2) is 0 Å². The summed E-state index contributed by atoms with van der Waals surface area (Å²) in [5, 5.41) is 2.89. The highest BCUT2D eigenvalue weighted by atomic mass is 79.9. The van der Waals surface area contributed by atoms with Crippen molar-refractivity contribution < 1.29 is 9.18 Å². The van der Waals surface area contributed by atoms with E-state index in [2.05, 4.69) is 21.2 Å². The van der Waals surface area contributed by atoms with Gasteiger partial charge in [-0.05, 0) is 52.3 Å². The fourth-order valence-corrected chi connectivity index (χ4v) is 1.98. The van der Waals surface area contributed by atoms with Crippen molar-refractivity contribution in [2.45, 2.75) is 0 Å². The van der Waals surface area contributed by atoms with Gasteiger partial charge < -0.3 is 11.1 Å². The first kappa shape index (κ1) is 13.8. The first-order chi connectivity index (χ1) is 8.97. The number of carbonyl (C=O) groups is 1. The molecule has 0 radical (unpaired) electrons. The molecule has 0 spiro atoms. The normalized spacial score (nSPS) is 10.3. The van der Waals surface area contributed by atoms with Gasteiger partial charge in [0.05, 0.1) is 16.4 Å². The Morgan fingerprint density at radius 3 is 2.68 bits per heavy atom. The molecule has 0 aliphatic rings. The number of halogens is 3. The number of amides is 1. The van der Waals surface area contributed by atoms with Gasteiger partial charge in [0, 0.05) is 10.0 Å². The zero-order valence-electron chi connectivity index (χ0n) is 9.58. The minimum Gasteiger partial charge on any atom is -0.398 e. The quantitative estimate of drug-likeness (QED) is 0.807. The van der Waals surface area contributed by atoms with Crippen LogP contribution in [0.15, 0.2) is 40.9 Å². The van der Waals surface area contributed by atoms with Crippen molar-refractivity contribution in [2.24, 2.45) is 0 Å². The van der Waals surface area contributed by atoms with E-state index in [1.165, 1.54) is 30.3 Å². The molecule has 2 aromatic carbocycles. The lowest BCUT2D eigenvalue weighted by Crippen LogP contribution is -2.12. The monoisotopic (exact) mass is 342 g/mol. The number of nitrogens with one attached hydrogen (secondary N) is 1. The van der Waals surface area contributed by atoms with Gasteiger partial charge in [-0.2, -0.15) is 0 Å². The molecule has 3 nitrogen and oxygen atoms in total.